The van der Waals surface area contributed by atoms with E-state index in [1.807, 2.05) is 12.1 Å². The molecule has 0 aliphatic rings. The average Bonchev–Trinajstić information content (AvgIpc) is 2.85. The highest BCUT2D eigenvalue weighted by atomic mass is 32.1. The first-order chi connectivity index (χ1) is 10.1. The van der Waals surface area contributed by atoms with Gasteiger partial charge in [0.1, 0.15) is 9.88 Å². The number of pyridine rings is 1. The molecule has 0 atom stereocenters. The van der Waals surface area contributed by atoms with E-state index in [0.717, 1.165) is 16.9 Å². The van der Waals surface area contributed by atoms with Crippen molar-refractivity contribution in [1.82, 2.24) is 20.6 Å². The van der Waals surface area contributed by atoms with Gasteiger partial charge in [0, 0.05) is 18.9 Å². The number of aromatic nitrogens is 2. The number of rotatable bonds is 5. The minimum Gasteiger partial charge on any atom is -0.477 e. The highest BCUT2D eigenvalue weighted by Crippen LogP contribution is 2.17. The molecule has 2 aromatic heterocycles. The molecule has 0 radical (unpaired) electrons. The van der Waals surface area contributed by atoms with E-state index in [9.17, 15) is 9.59 Å². The van der Waals surface area contributed by atoms with Gasteiger partial charge < -0.3 is 15.7 Å². The summed E-state index contributed by atoms with van der Waals surface area (Å²) in [4.78, 5) is 30.7. The van der Waals surface area contributed by atoms with Crippen LogP contribution in [0, 0.1) is 6.92 Å². The van der Waals surface area contributed by atoms with Crippen molar-refractivity contribution >= 4 is 23.3 Å². The van der Waals surface area contributed by atoms with Gasteiger partial charge in [-0.25, -0.2) is 14.6 Å². The molecular weight excluding hydrogens is 292 g/mol. The predicted octanol–water partition coefficient (Wildman–Crippen LogP) is 1.54. The summed E-state index contributed by atoms with van der Waals surface area (Å²) in [6.07, 6.45) is 3.31. The lowest BCUT2D eigenvalue weighted by Gasteiger charge is -2.06. The van der Waals surface area contributed by atoms with Crippen LogP contribution in [0.3, 0.4) is 0 Å². The molecule has 0 unspecified atom stereocenters. The lowest BCUT2D eigenvalue weighted by molar-refractivity contribution is 0.0701. The van der Waals surface area contributed by atoms with Crippen molar-refractivity contribution in [3.05, 3.63) is 45.7 Å². The quantitative estimate of drug-likeness (QED) is 0.777. The van der Waals surface area contributed by atoms with Crippen LogP contribution in [0.4, 0.5) is 4.79 Å². The summed E-state index contributed by atoms with van der Waals surface area (Å²) in [7, 11) is 0. The van der Waals surface area contributed by atoms with Crippen LogP contribution in [0.15, 0.2) is 24.5 Å². The molecule has 21 heavy (non-hydrogen) atoms. The van der Waals surface area contributed by atoms with Gasteiger partial charge in [-0.3, -0.25) is 4.98 Å². The van der Waals surface area contributed by atoms with Gasteiger partial charge >= 0.3 is 12.0 Å². The zero-order valence-electron chi connectivity index (χ0n) is 11.3. The number of amides is 2. The van der Waals surface area contributed by atoms with E-state index in [4.69, 9.17) is 5.11 Å². The number of nitrogens with zero attached hydrogens (tertiary/aromatic N) is 2. The summed E-state index contributed by atoms with van der Waals surface area (Å²) in [5.41, 5.74) is 1.40. The minimum absolute atomic E-state index is 0.195. The molecule has 8 heteroatoms. The van der Waals surface area contributed by atoms with Crippen LogP contribution in [-0.2, 0) is 13.1 Å². The molecule has 0 aromatic carbocycles. The smallest absolute Gasteiger partial charge is 0.347 e. The molecule has 0 aliphatic carbocycles. The number of carbonyl (C=O) groups is 2. The summed E-state index contributed by atoms with van der Waals surface area (Å²) in [6.45, 7) is 2.22. The maximum absolute atomic E-state index is 11.6. The first-order valence-corrected chi connectivity index (χ1v) is 6.98. The number of urea groups is 1. The molecule has 0 saturated carbocycles. The Balaban J connectivity index is 1.81. The number of thiazole rings is 1. The molecule has 0 bridgehead atoms. The van der Waals surface area contributed by atoms with Gasteiger partial charge in [-0.05, 0) is 24.6 Å². The SMILES string of the molecule is Cc1nc(CNC(=O)NCc2ccncc2)sc1C(=O)O. The van der Waals surface area contributed by atoms with Gasteiger partial charge in [-0.1, -0.05) is 0 Å². The van der Waals surface area contributed by atoms with Crippen LogP contribution in [0.2, 0.25) is 0 Å². The second-order valence-electron chi connectivity index (χ2n) is 4.22. The van der Waals surface area contributed by atoms with Crippen molar-refractivity contribution in [2.45, 2.75) is 20.0 Å². The van der Waals surface area contributed by atoms with E-state index in [1.165, 1.54) is 0 Å². The third-order valence-electron chi connectivity index (χ3n) is 2.64. The van der Waals surface area contributed by atoms with Crippen molar-refractivity contribution in [2.75, 3.05) is 0 Å². The van der Waals surface area contributed by atoms with E-state index in [2.05, 4.69) is 20.6 Å². The molecule has 2 amide bonds. The summed E-state index contributed by atoms with van der Waals surface area (Å²) in [5.74, 6) is -1.00. The largest absolute Gasteiger partial charge is 0.477 e. The number of hydrogen-bond donors (Lipinski definition) is 3. The van der Waals surface area contributed by atoms with Crippen LogP contribution in [0.25, 0.3) is 0 Å². The van der Waals surface area contributed by atoms with Crippen molar-refractivity contribution in [2.24, 2.45) is 0 Å². The van der Waals surface area contributed by atoms with E-state index in [1.54, 1.807) is 19.3 Å². The molecule has 0 saturated heterocycles. The summed E-state index contributed by atoms with van der Waals surface area (Å²) < 4.78 is 0. The molecule has 2 heterocycles. The molecule has 2 aromatic rings. The standard InChI is InChI=1S/C13H14N4O3S/c1-8-11(12(18)19)21-10(17-8)7-16-13(20)15-6-9-2-4-14-5-3-9/h2-5H,6-7H2,1H3,(H,18,19)(H2,15,16,20). The van der Waals surface area contributed by atoms with Gasteiger partial charge in [-0.2, -0.15) is 0 Å². The lowest BCUT2D eigenvalue weighted by Crippen LogP contribution is -2.34. The van der Waals surface area contributed by atoms with Crippen LogP contribution in [0.1, 0.15) is 25.9 Å². The van der Waals surface area contributed by atoms with E-state index in [0.29, 0.717) is 17.2 Å². The Labute approximate surface area is 125 Å². The first-order valence-electron chi connectivity index (χ1n) is 6.16. The molecule has 110 valence electrons. The zero-order valence-corrected chi connectivity index (χ0v) is 12.1. The first kappa shape index (κ1) is 14.9. The molecular formula is C13H14N4O3S. The summed E-state index contributed by atoms with van der Waals surface area (Å²) in [5, 5.41) is 14.8. The Morgan fingerprint density at radius 3 is 2.52 bits per heavy atom. The molecule has 0 spiro atoms. The van der Waals surface area contributed by atoms with Crippen LogP contribution in [-0.4, -0.2) is 27.1 Å². The molecule has 2 rings (SSSR count). The van der Waals surface area contributed by atoms with E-state index >= 15 is 0 Å². The van der Waals surface area contributed by atoms with Gasteiger partial charge in [-0.15, -0.1) is 11.3 Å². The molecule has 7 nitrogen and oxygen atoms in total. The second-order valence-corrected chi connectivity index (χ2v) is 5.30. The molecule has 3 N–H and O–H groups in total. The molecule has 0 aliphatic heterocycles. The number of hydrogen-bond acceptors (Lipinski definition) is 5. The van der Waals surface area contributed by atoms with Crippen LogP contribution < -0.4 is 10.6 Å². The fourth-order valence-corrected chi connectivity index (χ4v) is 2.47. The number of aromatic carboxylic acids is 1. The maximum Gasteiger partial charge on any atom is 0.347 e. The summed E-state index contributed by atoms with van der Waals surface area (Å²) >= 11 is 1.06. The van der Waals surface area contributed by atoms with Gasteiger partial charge in [0.25, 0.3) is 0 Å². The van der Waals surface area contributed by atoms with Crippen molar-refractivity contribution in [1.29, 1.82) is 0 Å². The summed E-state index contributed by atoms with van der Waals surface area (Å²) in [6, 6.07) is 3.28. The average molecular weight is 306 g/mol. The van der Waals surface area contributed by atoms with E-state index < -0.39 is 5.97 Å². The van der Waals surface area contributed by atoms with Gasteiger partial charge in [0.15, 0.2) is 0 Å². The maximum atomic E-state index is 11.6. The van der Waals surface area contributed by atoms with Gasteiger partial charge in [0.2, 0.25) is 0 Å². The topological polar surface area (TPSA) is 104 Å². The van der Waals surface area contributed by atoms with Crippen molar-refractivity contribution in [3.8, 4) is 0 Å². The van der Waals surface area contributed by atoms with Crippen LogP contribution >= 0.6 is 11.3 Å². The number of carboxylic acid groups (broad SMARTS) is 1. The number of carboxylic acids is 1. The Kier molecular flexibility index (Phi) is 4.83. The Hall–Kier alpha value is -2.48. The Bertz CT molecular complexity index is 642. The highest BCUT2D eigenvalue weighted by Gasteiger charge is 2.14. The van der Waals surface area contributed by atoms with Crippen molar-refractivity contribution < 1.29 is 14.7 Å². The Morgan fingerprint density at radius 1 is 1.24 bits per heavy atom. The second kappa shape index (κ2) is 6.80. The van der Waals surface area contributed by atoms with Gasteiger partial charge in [0.05, 0.1) is 12.2 Å². The third-order valence-corrected chi connectivity index (χ3v) is 3.78. The monoisotopic (exact) mass is 306 g/mol. The fraction of sp³-hybridized carbons (Fsp3) is 0.231. The normalized spacial score (nSPS) is 10.1. The van der Waals surface area contributed by atoms with Crippen LogP contribution in [0.5, 0.6) is 0 Å². The Morgan fingerprint density at radius 2 is 1.90 bits per heavy atom. The number of carbonyl (C=O) groups excluding carboxylic acids is 1. The van der Waals surface area contributed by atoms with E-state index in [-0.39, 0.29) is 17.5 Å². The van der Waals surface area contributed by atoms with Crippen molar-refractivity contribution in [3.63, 3.8) is 0 Å². The fourth-order valence-electron chi connectivity index (χ4n) is 1.63. The number of nitrogens with one attached hydrogen (secondary N) is 2. The minimum atomic E-state index is -1.00. The number of aryl methyl sites for hydroxylation is 1. The lowest BCUT2D eigenvalue weighted by atomic mass is 10.3. The highest BCUT2D eigenvalue weighted by molar-refractivity contribution is 7.13. The molecule has 0 fully saturated rings. The third kappa shape index (κ3) is 4.25. The zero-order chi connectivity index (χ0) is 15.2. The predicted molar refractivity (Wildman–Crippen MR) is 77.1 cm³/mol.